The van der Waals surface area contributed by atoms with E-state index < -0.39 is 0 Å². The van der Waals surface area contributed by atoms with Crippen molar-refractivity contribution in [2.45, 2.75) is 26.7 Å². The van der Waals surface area contributed by atoms with Crippen molar-refractivity contribution in [1.82, 2.24) is 10.2 Å². The smallest absolute Gasteiger partial charge is 0.166 e. The van der Waals surface area contributed by atoms with Crippen LogP contribution in [0.25, 0.3) is 0 Å². The van der Waals surface area contributed by atoms with Gasteiger partial charge in [0.1, 0.15) is 6.07 Å². The molecule has 0 fully saturated rings. The van der Waals surface area contributed by atoms with Crippen LogP contribution in [-0.4, -0.2) is 28.5 Å². The molecule has 2 N–H and O–H groups in total. The van der Waals surface area contributed by atoms with Gasteiger partial charge in [0.05, 0.1) is 11.8 Å². The minimum absolute atomic E-state index is 0.0486. The Labute approximate surface area is 101 Å². The molecule has 17 heavy (non-hydrogen) atoms. The van der Waals surface area contributed by atoms with Gasteiger partial charge in [-0.15, -0.1) is 5.10 Å². The predicted octanol–water partition coefficient (Wildman–Crippen LogP) is 1.56. The lowest BCUT2D eigenvalue weighted by molar-refractivity contribution is 0.248. The van der Waals surface area contributed by atoms with Gasteiger partial charge in [0.25, 0.3) is 0 Å². The maximum absolute atomic E-state index is 8.90. The van der Waals surface area contributed by atoms with Gasteiger partial charge in [0.2, 0.25) is 0 Å². The third-order valence-electron chi connectivity index (χ3n) is 2.59. The highest BCUT2D eigenvalue weighted by atomic mass is 16.2. The van der Waals surface area contributed by atoms with E-state index in [9.17, 15) is 0 Å². The minimum atomic E-state index is 0.0486. The Hall–Kier alpha value is -1.67. The van der Waals surface area contributed by atoms with E-state index in [1.807, 2.05) is 0 Å². The van der Waals surface area contributed by atoms with Crippen molar-refractivity contribution in [2.24, 2.45) is 5.41 Å². The predicted molar refractivity (Wildman–Crippen MR) is 65.3 cm³/mol. The molecule has 0 saturated heterocycles. The quantitative estimate of drug-likeness (QED) is 0.780. The molecule has 0 atom stereocenters. The van der Waals surface area contributed by atoms with Gasteiger partial charge in [-0.2, -0.15) is 10.4 Å². The lowest BCUT2D eigenvalue weighted by atomic mass is 9.88. The van der Waals surface area contributed by atoms with Crippen molar-refractivity contribution in [2.75, 3.05) is 18.5 Å². The average molecular weight is 234 g/mol. The summed E-state index contributed by atoms with van der Waals surface area (Å²) >= 11 is 0. The molecule has 0 aliphatic heterocycles. The van der Waals surface area contributed by atoms with Gasteiger partial charge >= 0.3 is 0 Å². The van der Waals surface area contributed by atoms with Gasteiger partial charge in [-0.25, -0.2) is 0 Å². The SMILES string of the molecule is CC(C)(CCCO)CNc1nnccc1C#N. The van der Waals surface area contributed by atoms with Crippen LogP contribution in [0, 0.1) is 16.7 Å². The van der Waals surface area contributed by atoms with Crippen molar-refractivity contribution in [3.05, 3.63) is 17.8 Å². The summed E-state index contributed by atoms with van der Waals surface area (Å²) in [5, 5.41) is 28.5. The van der Waals surface area contributed by atoms with E-state index in [-0.39, 0.29) is 12.0 Å². The van der Waals surface area contributed by atoms with Crippen molar-refractivity contribution >= 4 is 5.82 Å². The zero-order chi connectivity index (χ0) is 12.7. The second-order valence-corrected chi connectivity index (χ2v) is 4.75. The van der Waals surface area contributed by atoms with Crippen molar-refractivity contribution < 1.29 is 5.11 Å². The zero-order valence-electron chi connectivity index (χ0n) is 10.3. The van der Waals surface area contributed by atoms with Crippen LogP contribution >= 0.6 is 0 Å². The number of nitriles is 1. The number of anilines is 1. The average Bonchev–Trinajstić information content (AvgIpc) is 2.34. The second-order valence-electron chi connectivity index (χ2n) is 4.75. The van der Waals surface area contributed by atoms with Gasteiger partial charge < -0.3 is 10.4 Å². The summed E-state index contributed by atoms with van der Waals surface area (Å²) < 4.78 is 0. The van der Waals surface area contributed by atoms with Crippen molar-refractivity contribution in [3.8, 4) is 6.07 Å². The molecule has 0 aromatic carbocycles. The number of aliphatic hydroxyl groups excluding tert-OH is 1. The standard InChI is InChI=1S/C12H18N4O/c1-12(2,5-3-7-17)9-14-11-10(8-13)4-6-15-16-11/h4,6,17H,3,5,7,9H2,1-2H3,(H,14,16). The topological polar surface area (TPSA) is 81.8 Å². The van der Waals surface area contributed by atoms with E-state index in [0.717, 1.165) is 12.8 Å². The molecule has 0 bridgehead atoms. The summed E-state index contributed by atoms with van der Waals surface area (Å²) in [6.45, 7) is 5.12. The van der Waals surface area contributed by atoms with E-state index >= 15 is 0 Å². The monoisotopic (exact) mass is 234 g/mol. The Balaban J connectivity index is 2.58. The lowest BCUT2D eigenvalue weighted by Crippen LogP contribution is -2.24. The Bertz CT molecular complexity index is 398. The first-order chi connectivity index (χ1) is 8.09. The molecule has 5 nitrogen and oxygen atoms in total. The summed E-state index contributed by atoms with van der Waals surface area (Å²) in [7, 11) is 0. The van der Waals surface area contributed by atoms with Crippen molar-refractivity contribution in [3.63, 3.8) is 0 Å². The highest BCUT2D eigenvalue weighted by Gasteiger charge is 2.17. The molecule has 0 unspecified atom stereocenters. The normalized spacial score (nSPS) is 10.9. The van der Waals surface area contributed by atoms with Crippen molar-refractivity contribution in [1.29, 1.82) is 5.26 Å². The maximum atomic E-state index is 8.90. The molecule has 0 amide bonds. The molecule has 0 aliphatic carbocycles. The Morgan fingerprint density at radius 1 is 1.53 bits per heavy atom. The van der Waals surface area contributed by atoms with Crippen LogP contribution in [0.1, 0.15) is 32.3 Å². The van der Waals surface area contributed by atoms with E-state index in [2.05, 4.69) is 35.4 Å². The molecular formula is C12H18N4O. The van der Waals surface area contributed by atoms with Crippen LogP contribution in [-0.2, 0) is 0 Å². The molecule has 92 valence electrons. The van der Waals surface area contributed by atoms with Gasteiger partial charge in [-0.1, -0.05) is 13.8 Å². The first-order valence-electron chi connectivity index (χ1n) is 5.65. The van der Waals surface area contributed by atoms with Crippen LogP contribution in [0.15, 0.2) is 12.3 Å². The first-order valence-corrected chi connectivity index (χ1v) is 5.65. The zero-order valence-corrected chi connectivity index (χ0v) is 10.3. The largest absolute Gasteiger partial charge is 0.396 e. The molecule has 5 heteroatoms. The molecule has 0 radical (unpaired) electrons. The third kappa shape index (κ3) is 4.37. The number of rotatable bonds is 6. The van der Waals surface area contributed by atoms with Crippen LogP contribution in [0.5, 0.6) is 0 Å². The van der Waals surface area contributed by atoms with Gasteiger partial charge in [0, 0.05) is 13.2 Å². The molecule has 0 spiro atoms. The fourth-order valence-corrected chi connectivity index (χ4v) is 1.52. The van der Waals surface area contributed by atoms with E-state index in [0.29, 0.717) is 17.9 Å². The summed E-state index contributed by atoms with van der Waals surface area (Å²) in [4.78, 5) is 0. The Morgan fingerprint density at radius 3 is 2.94 bits per heavy atom. The fraction of sp³-hybridized carbons (Fsp3) is 0.583. The molecule has 0 aliphatic rings. The lowest BCUT2D eigenvalue weighted by Gasteiger charge is -2.24. The van der Waals surface area contributed by atoms with Gasteiger partial charge in [-0.3, -0.25) is 0 Å². The third-order valence-corrected chi connectivity index (χ3v) is 2.59. The van der Waals surface area contributed by atoms with Gasteiger partial charge in [0.15, 0.2) is 5.82 Å². The number of nitrogens with zero attached hydrogens (tertiary/aromatic N) is 3. The highest BCUT2D eigenvalue weighted by Crippen LogP contribution is 2.23. The van der Waals surface area contributed by atoms with E-state index in [1.54, 1.807) is 6.07 Å². The van der Waals surface area contributed by atoms with E-state index in [4.69, 9.17) is 10.4 Å². The first kappa shape index (κ1) is 13.4. The Morgan fingerprint density at radius 2 is 2.29 bits per heavy atom. The summed E-state index contributed by atoms with van der Waals surface area (Å²) in [5.74, 6) is 0.520. The summed E-state index contributed by atoms with van der Waals surface area (Å²) in [6.07, 6.45) is 3.19. The minimum Gasteiger partial charge on any atom is -0.396 e. The van der Waals surface area contributed by atoms with Crippen LogP contribution in [0.3, 0.4) is 0 Å². The van der Waals surface area contributed by atoms with Crippen LogP contribution in [0.4, 0.5) is 5.82 Å². The number of hydrogen-bond donors (Lipinski definition) is 2. The Kier molecular flexibility index (Phi) is 4.85. The van der Waals surface area contributed by atoms with E-state index in [1.165, 1.54) is 6.20 Å². The summed E-state index contributed by atoms with van der Waals surface area (Å²) in [5.41, 5.74) is 0.547. The second kappa shape index (κ2) is 6.16. The number of nitrogens with one attached hydrogen (secondary N) is 1. The van der Waals surface area contributed by atoms with Crippen LogP contribution < -0.4 is 5.32 Å². The molecule has 1 heterocycles. The fourth-order valence-electron chi connectivity index (χ4n) is 1.52. The molecular weight excluding hydrogens is 216 g/mol. The maximum Gasteiger partial charge on any atom is 0.166 e. The number of aromatic nitrogens is 2. The van der Waals surface area contributed by atoms with Crippen LogP contribution in [0.2, 0.25) is 0 Å². The summed E-state index contributed by atoms with van der Waals surface area (Å²) in [6, 6.07) is 3.70. The number of hydrogen-bond acceptors (Lipinski definition) is 5. The molecule has 0 saturated carbocycles. The molecule has 1 aromatic rings. The molecule has 1 aromatic heterocycles. The highest BCUT2D eigenvalue weighted by molar-refractivity contribution is 5.50. The van der Waals surface area contributed by atoms with Gasteiger partial charge in [-0.05, 0) is 24.3 Å². The number of aliphatic hydroxyl groups is 1. The molecule has 1 rings (SSSR count).